The van der Waals surface area contributed by atoms with Crippen LogP contribution < -0.4 is 4.90 Å². The SMILES string of the molecule is CCC(CO)N(Cc1cnn(C)c1)c1ccccc1. The number of aliphatic hydroxyl groups excluding tert-OH is 1. The van der Waals surface area contributed by atoms with E-state index in [0.717, 1.165) is 24.2 Å². The fraction of sp³-hybridized carbons (Fsp3) is 0.400. The average molecular weight is 259 g/mol. The van der Waals surface area contributed by atoms with E-state index in [4.69, 9.17) is 0 Å². The molecule has 19 heavy (non-hydrogen) atoms. The van der Waals surface area contributed by atoms with Crippen LogP contribution in [0.2, 0.25) is 0 Å². The van der Waals surface area contributed by atoms with Crippen molar-refractivity contribution in [2.24, 2.45) is 7.05 Å². The third-order valence-electron chi connectivity index (χ3n) is 3.32. The van der Waals surface area contributed by atoms with E-state index in [1.54, 1.807) is 4.68 Å². The summed E-state index contributed by atoms with van der Waals surface area (Å²) in [4.78, 5) is 2.23. The van der Waals surface area contributed by atoms with Crippen LogP contribution in [0.4, 0.5) is 5.69 Å². The van der Waals surface area contributed by atoms with Gasteiger partial charge in [0.2, 0.25) is 0 Å². The van der Waals surface area contributed by atoms with Gasteiger partial charge in [0, 0.05) is 31.0 Å². The van der Waals surface area contributed by atoms with Crippen molar-refractivity contribution in [3.05, 3.63) is 48.3 Å². The second-order valence-corrected chi connectivity index (χ2v) is 4.73. The molecule has 0 aliphatic heterocycles. The molecular formula is C15H21N3O. The van der Waals surface area contributed by atoms with Gasteiger partial charge in [-0.05, 0) is 18.6 Å². The summed E-state index contributed by atoms with van der Waals surface area (Å²) in [7, 11) is 1.92. The summed E-state index contributed by atoms with van der Waals surface area (Å²) in [5.74, 6) is 0. The Labute approximate surface area is 114 Å². The van der Waals surface area contributed by atoms with Gasteiger partial charge in [-0.1, -0.05) is 25.1 Å². The van der Waals surface area contributed by atoms with Crippen LogP contribution in [0, 0.1) is 0 Å². The molecule has 0 radical (unpaired) electrons. The Kier molecular flexibility index (Phi) is 4.58. The van der Waals surface area contributed by atoms with Gasteiger partial charge in [0.1, 0.15) is 0 Å². The minimum Gasteiger partial charge on any atom is -0.394 e. The van der Waals surface area contributed by atoms with Gasteiger partial charge in [0.15, 0.2) is 0 Å². The molecule has 1 N–H and O–H groups in total. The Morgan fingerprint density at radius 1 is 1.32 bits per heavy atom. The van der Waals surface area contributed by atoms with Gasteiger partial charge >= 0.3 is 0 Å². The summed E-state index contributed by atoms with van der Waals surface area (Å²) in [6.07, 6.45) is 4.80. The number of hydrogen-bond acceptors (Lipinski definition) is 3. The van der Waals surface area contributed by atoms with Gasteiger partial charge in [0.05, 0.1) is 18.8 Å². The summed E-state index contributed by atoms with van der Waals surface area (Å²) in [6, 6.07) is 10.3. The van der Waals surface area contributed by atoms with E-state index in [1.807, 2.05) is 37.6 Å². The molecule has 0 saturated carbocycles. The van der Waals surface area contributed by atoms with Crippen molar-refractivity contribution in [3.8, 4) is 0 Å². The fourth-order valence-corrected chi connectivity index (χ4v) is 2.25. The Bertz CT molecular complexity index is 491. The minimum absolute atomic E-state index is 0.127. The molecule has 0 spiro atoms. The summed E-state index contributed by atoms with van der Waals surface area (Å²) < 4.78 is 1.80. The summed E-state index contributed by atoms with van der Waals surface area (Å²) in [5, 5.41) is 13.8. The highest BCUT2D eigenvalue weighted by Crippen LogP contribution is 2.20. The molecule has 0 aliphatic rings. The smallest absolute Gasteiger partial charge is 0.0635 e. The molecular weight excluding hydrogens is 238 g/mol. The molecule has 0 amide bonds. The molecule has 102 valence electrons. The van der Waals surface area contributed by atoms with Crippen molar-refractivity contribution in [2.45, 2.75) is 25.9 Å². The number of benzene rings is 1. The quantitative estimate of drug-likeness (QED) is 0.864. The van der Waals surface area contributed by atoms with E-state index < -0.39 is 0 Å². The normalized spacial score (nSPS) is 12.4. The number of rotatable bonds is 6. The van der Waals surface area contributed by atoms with Crippen LogP contribution in [0.25, 0.3) is 0 Å². The van der Waals surface area contributed by atoms with Crippen LogP contribution in [-0.4, -0.2) is 27.5 Å². The highest BCUT2D eigenvalue weighted by molar-refractivity contribution is 5.47. The Morgan fingerprint density at radius 2 is 2.05 bits per heavy atom. The highest BCUT2D eigenvalue weighted by atomic mass is 16.3. The van der Waals surface area contributed by atoms with Crippen molar-refractivity contribution in [1.82, 2.24) is 9.78 Å². The third-order valence-corrected chi connectivity index (χ3v) is 3.32. The van der Waals surface area contributed by atoms with Gasteiger partial charge in [-0.2, -0.15) is 5.10 Å². The fourth-order valence-electron chi connectivity index (χ4n) is 2.25. The number of aromatic nitrogens is 2. The van der Waals surface area contributed by atoms with E-state index in [1.165, 1.54) is 0 Å². The molecule has 4 heteroatoms. The second kappa shape index (κ2) is 6.38. The Balaban J connectivity index is 2.24. The first-order chi connectivity index (χ1) is 9.24. The molecule has 1 atom stereocenters. The van der Waals surface area contributed by atoms with Crippen molar-refractivity contribution < 1.29 is 5.11 Å². The molecule has 4 nitrogen and oxygen atoms in total. The molecule has 1 heterocycles. The van der Waals surface area contributed by atoms with Crippen LogP contribution in [0.3, 0.4) is 0 Å². The Morgan fingerprint density at radius 3 is 2.58 bits per heavy atom. The van der Waals surface area contributed by atoms with Crippen LogP contribution in [-0.2, 0) is 13.6 Å². The van der Waals surface area contributed by atoms with E-state index in [-0.39, 0.29) is 12.6 Å². The molecule has 1 unspecified atom stereocenters. The first kappa shape index (κ1) is 13.6. The third kappa shape index (κ3) is 3.35. The molecule has 1 aromatic heterocycles. The summed E-state index contributed by atoms with van der Waals surface area (Å²) >= 11 is 0. The van der Waals surface area contributed by atoms with Gasteiger partial charge in [-0.25, -0.2) is 0 Å². The van der Waals surface area contributed by atoms with Crippen LogP contribution in [0.5, 0.6) is 0 Å². The van der Waals surface area contributed by atoms with Crippen molar-refractivity contribution in [1.29, 1.82) is 0 Å². The molecule has 0 saturated heterocycles. The second-order valence-electron chi connectivity index (χ2n) is 4.73. The number of nitrogens with zero attached hydrogens (tertiary/aromatic N) is 3. The lowest BCUT2D eigenvalue weighted by Crippen LogP contribution is -2.37. The molecule has 0 aliphatic carbocycles. The highest BCUT2D eigenvalue weighted by Gasteiger charge is 2.17. The van der Waals surface area contributed by atoms with Crippen molar-refractivity contribution in [3.63, 3.8) is 0 Å². The number of aliphatic hydroxyl groups is 1. The molecule has 2 rings (SSSR count). The largest absolute Gasteiger partial charge is 0.394 e. The van der Waals surface area contributed by atoms with Gasteiger partial charge in [-0.15, -0.1) is 0 Å². The lowest BCUT2D eigenvalue weighted by molar-refractivity contribution is 0.255. The van der Waals surface area contributed by atoms with Crippen LogP contribution in [0.1, 0.15) is 18.9 Å². The van der Waals surface area contributed by atoms with Gasteiger partial charge < -0.3 is 10.0 Å². The van der Waals surface area contributed by atoms with Gasteiger partial charge in [-0.3, -0.25) is 4.68 Å². The zero-order valence-corrected chi connectivity index (χ0v) is 11.5. The zero-order chi connectivity index (χ0) is 13.7. The Hall–Kier alpha value is -1.81. The maximum Gasteiger partial charge on any atom is 0.0635 e. The standard InChI is InChI=1S/C15H21N3O/c1-3-14(12-19)18(15-7-5-4-6-8-15)11-13-9-16-17(2)10-13/h4-10,14,19H,3,11-12H2,1-2H3. The first-order valence-electron chi connectivity index (χ1n) is 6.64. The molecule has 2 aromatic rings. The van der Waals surface area contributed by atoms with E-state index in [2.05, 4.69) is 29.1 Å². The van der Waals surface area contributed by atoms with Crippen molar-refractivity contribution in [2.75, 3.05) is 11.5 Å². The number of anilines is 1. The van der Waals surface area contributed by atoms with E-state index >= 15 is 0 Å². The maximum absolute atomic E-state index is 9.58. The number of aryl methyl sites for hydroxylation is 1. The van der Waals surface area contributed by atoms with Crippen LogP contribution >= 0.6 is 0 Å². The lowest BCUT2D eigenvalue weighted by Gasteiger charge is -2.31. The monoisotopic (exact) mass is 259 g/mol. The van der Waals surface area contributed by atoms with E-state index in [9.17, 15) is 5.11 Å². The first-order valence-corrected chi connectivity index (χ1v) is 6.64. The summed E-state index contributed by atoms with van der Waals surface area (Å²) in [5.41, 5.74) is 2.28. The average Bonchev–Trinajstić information content (AvgIpc) is 2.85. The summed E-state index contributed by atoms with van der Waals surface area (Å²) in [6.45, 7) is 3.02. The zero-order valence-electron chi connectivity index (χ0n) is 11.5. The van der Waals surface area contributed by atoms with Crippen molar-refractivity contribution >= 4 is 5.69 Å². The number of hydrogen-bond donors (Lipinski definition) is 1. The minimum atomic E-state index is 0.127. The molecule has 0 bridgehead atoms. The lowest BCUT2D eigenvalue weighted by atomic mass is 10.1. The molecule has 0 fully saturated rings. The topological polar surface area (TPSA) is 41.3 Å². The predicted octanol–water partition coefficient (Wildman–Crippen LogP) is 2.20. The van der Waals surface area contributed by atoms with Gasteiger partial charge in [0.25, 0.3) is 0 Å². The van der Waals surface area contributed by atoms with Crippen LogP contribution in [0.15, 0.2) is 42.7 Å². The molecule has 1 aromatic carbocycles. The van der Waals surface area contributed by atoms with E-state index in [0.29, 0.717) is 0 Å². The predicted molar refractivity (Wildman–Crippen MR) is 77.0 cm³/mol. The maximum atomic E-state index is 9.58. The number of para-hydroxylation sites is 1.